The zero-order chi connectivity index (χ0) is 35.3. The fourth-order valence-electron chi connectivity index (χ4n) is 8.72. The molecule has 1 aromatic heterocycles. The van der Waals surface area contributed by atoms with Gasteiger partial charge in [0.15, 0.2) is 11.6 Å². The Bertz CT molecular complexity index is 1660. The van der Waals surface area contributed by atoms with Gasteiger partial charge in [0, 0.05) is 83.0 Å². The number of rotatable bonds is 11. The molecule has 5 fully saturated rings. The maximum Gasteiger partial charge on any atom is 0.282 e. The standard InChI is InChI=1S/C35H51FN8O5S.ClH/c1-5-43(25(2)3)33(45)29-16-26(36)6-7-30(29)49-31-19-37-24-39-32(31)41-21-34(22-41)8-12-40(13-9-34)23-35(48-4)10-14-42(15-11-35)50(46,47)44-20-27-17-28(44)18-38-27;/h6-7,16,19,24-25,27-28,38H,5,8-15,17-18,20-23H2,1-4H3;1H/t27-,28-;/m0./s1. The van der Waals surface area contributed by atoms with Gasteiger partial charge in [0.1, 0.15) is 17.9 Å². The molecule has 0 unspecified atom stereocenters. The number of carbonyl (C=O) groups excluding carboxylic acids is 1. The lowest BCUT2D eigenvalue weighted by Crippen LogP contribution is -2.62. The van der Waals surface area contributed by atoms with E-state index in [1.165, 1.54) is 24.5 Å². The molecule has 2 bridgehead atoms. The summed E-state index contributed by atoms with van der Waals surface area (Å²) in [6.07, 6.45) is 7.45. The van der Waals surface area contributed by atoms with Crippen molar-refractivity contribution in [2.24, 2.45) is 5.41 Å². The Balaban J connectivity index is 0.00000448. The van der Waals surface area contributed by atoms with E-state index in [9.17, 15) is 17.6 Å². The van der Waals surface area contributed by atoms with Crippen molar-refractivity contribution in [3.63, 3.8) is 0 Å². The topological polar surface area (TPSA) is 124 Å². The summed E-state index contributed by atoms with van der Waals surface area (Å²) >= 11 is 0. The van der Waals surface area contributed by atoms with Crippen molar-refractivity contribution >= 4 is 34.3 Å². The van der Waals surface area contributed by atoms with Crippen LogP contribution in [0, 0.1) is 11.2 Å². The van der Waals surface area contributed by atoms with E-state index in [1.807, 2.05) is 20.8 Å². The predicted octanol–water partition coefficient (Wildman–Crippen LogP) is 3.37. The second-order valence-corrected chi connectivity index (χ2v) is 17.0. The zero-order valence-electron chi connectivity index (χ0n) is 30.1. The normalized spacial score (nSPS) is 24.8. The molecule has 0 aliphatic carbocycles. The van der Waals surface area contributed by atoms with Crippen LogP contribution in [0.15, 0.2) is 30.7 Å². The molecule has 51 heavy (non-hydrogen) atoms. The third-order valence-corrected chi connectivity index (χ3v) is 13.8. The first kappa shape index (κ1) is 38.1. The quantitative estimate of drug-likeness (QED) is 0.366. The van der Waals surface area contributed by atoms with E-state index in [0.717, 1.165) is 58.5 Å². The van der Waals surface area contributed by atoms with Crippen molar-refractivity contribution in [2.75, 3.05) is 77.5 Å². The average Bonchev–Trinajstić information content (AvgIpc) is 3.74. The van der Waals surface area contributed by atoms with E-state index in [2.05, 4.69) is 25.1 Å². The van der Waals surface area contributed by atoms with Crippen LogP contribution in [0.5, 0.6) is 11.5 Å². The Hall–Kier alpha value is -2.66. The number of nitrogens with one attached hydrogen (secondary N) is 1. The molecule has 5 aliphatic rings. The van der Waals surface area contributed by atoms with E-state index in [0.29, 0.717) is 50.6 Å². The second-order valence-electron chi connectivity index (χ2n) is 15.1. The van der Waals surface area contributed by atoms with Crippen molar-refractivity contribution in [3.05, 3.63) is 42.1 Å². The van der Waals surface area contributed by atoms with Crippen LogP contribution in [0.1, 0.15) is 63.2 Å². The van der Waals surface area contributed by atoms with Gasteiger partial charge < -0.3 is 29.5 Å². The van der Waals surface area contributed by atoms with Gasteiger partial charge in [-0.1, -0.05) is 0 Å². The van der Waals surface area contributed by atoms with Crippen LogP contribution < -0.4 is 15.0 Å². The van der Waals surface area contributed by atoms with Crippen LogP contribution in [0.3, 0.4) is 0 Å². The van der Waals surface area contributed by atoms with Gasteiger partial charge in [-0.2, -0.15) is 17.0 Å². The lowest BCUT2D eigenvalue weighted by molar-refractivity contribution is -0.0765. The Kier molecular flexibility index (Phi) is 11.2. The molecule has 282 valence electrons. The number of nitrogens with zero attached hydrogens (tertiary/aromatic N) is 7. The van der Waals surface area contributed by atoms with Crippen LogP contribution in [0.2, 0.25) is 0 Å². The smallest absolute Gasteiger partial charge is 0.282 e. The van der Waals surface area contributed by atoms with Crippen molar-refractivity contribution in [1.82, 2.24) is 33.7 Å². The van der Waals surface area contributed by atoms with Crippen molar-refractivity contribution in [2.45, 2.75) is 76.6 Å². The first-order valence-electron chi connectivity index (χ1n) is 18.1. The highest BCUT2D eigenvalue weighted by Crippen LogP contribution is 2.45. The molecule has 5 aliphatic heterocycles. The molecule has 7 rings (SSSR count). The summed E-state index contributed by atoms with van der Waals surface area (Å²) in [5.74, 6) is 0.564. The minimum absolute atomic E-state index is 0. The SMILES string of the molecule is CCN(C(=O)c1cc(F)ccc1Oc1cncnc1N1CC2(CCN(CC3(OC)CCN(S(=O)(=O)N4C[C@@H]5C[C@H]4CN5)CC3)CC2)C1)C(C)C.Cl. The van der Waals surface area contributed by atoms with Crippen LogP contribution in [0.4, 0.5) is 10.2 Å². The number of fused-ring (bicyclic) bond motifs is 2. The predicted molar refractivity (Wildman–Crippen MR) is 194 cm³/mol. The number of ether oxygens (including phenoxy) is 2. The molecule has 6 heterocycles. The van der Waals surface area contributed by atoms with Crippen molar-refractivity contribution in [1.29, 1.82) is 0 Å². The highest BCUT2D eigenvalue weighted by atomic mass is 35.5. The number of hydrogen-bond acceptors (Lipinski definition) is 10. The van der Waals surface area contributed by atoms with Crippen molar-refractivity contribution < 1.29 is 27.1 Å². The zero-order valence-corrected chi connectivity index (χ0v) is 31.7. The van der Waals surface area contributed by atoms with Gasteiger partial charge in [-0.25, -0.2) is 14.4 Å². The first-order chi connectivity index (χ1) is 23.9. The summed E-state index contributed by atoms with van der Waals surface area (Å²) in [6.45, 7) is 12.9. The summed E-state index contributed by atoms with van der Waals surface area (Å²) < 4.78 is 57.0. The minimum Gasteiger partial charge on any atom is -0.451 e. The molecule has 16 heteroatoms. The lowest BCUT2D eigenvalue weighted by Gasteiger charge is -2.55. The summed E-state index contributed by atoms with van der Waals surface area (Å²) in [4.78, 5) is 28.5. The van der Waals surface area contributed by atoms with E-state index in [1.54, 1.807) is 26.8 Å². The first-order valence-corrected chi connectivity index (χ1v) is 19.5. The molecular formula is C35H52ClFN8O5S. The Morgan fingerprint density at radius 3 is 2.45 bits per heavy atom. The number of piperidine rings is 2. The summed E-state index contributed by atoms with van der Waals surface area (Å²) in [5, 5.41) is 3.39. The molecule has 0 saturated carbocycles. The summed E-state index contributed by atoms with van der Waals surface area (Å²) in [5.41, 5.74) is -0.0268. The van der Waals surface area contributed by atoms with Gasteiger partial charge in [0.2, 0.25) is 0 Å². The third kappa shape index (κ3) is 7.44. The summed E-state index contributed by atoms with van der Waals surface area (Å²) in [6, 6.07) is 4.33. The van der Waals surface area contributed by atoms with E-state index in [-0.39, 0.29) is 58.8 Å². The Labute approximate surface area is 307 Å². The molecule has 2 aromatic rings. The number of amides is 1. The van der Waals surface area contributed by atoms with Gasteiger partial charge >= 0.3 is 0 Å². The second kappa shape index (κ2) is 15.0. The molecule has 2 atom stereocenters. The molecule has 1 N–H and O–H groups in total. The highest BCUT2D eigenvalue weighted by molar-refractivity contribution is 7.86. The number of halogens is 2. The number of likely N-dealkylation sites (tertiary alicyclic amines) is 1. The van der Waals surface area contributed by atoms with Crippen LogP contribution >= 0.6 is 12.4 Å². The van der Waals surface area contributed by atoms with E-state index in [4.69, 9.17) is 9.47 Å². The Morgan fingerprint density at radius 1 is 1.12 bits per heavy atom. The molecule has 1 amide bonds. The molecule has 5 saturated heterocycles. The number of aromatic nitrogens is 2. The number of piperazine rings is 1. The minimum atomic E-state index is -3.46. The van der Waals surface area contributed by atoms with E-state index >= 15 is 0 Å². The van der Waals surface area contributed by atoms with Gasteiger partial charge in [-0.05, 0) is 84.2 Å². The Morgan fingerprint density at radius 2 is 1.84 bits per heavy atom. The van der Waals surface area contributed by atoms with E-state index < -0.39 is 16.0 Å². The lowest BCUT2D eigenvalue weighted by atomic mass is 9.71. The van der Waals surface area contributed by atoms with Gasteiger partial charge in [-0.15, -0.1) is 12.4 Å². The maximum absolute atomic E-state index is 14.3. The third-order valence-electron chi connectivity index (χ3n) is 11.8. The maximum atomic E-state index is 14.3. The number of anilines is 1. The monoisotopic (exact) mass is 750 g/mol. The largest absolute Gasteiger partial charge is 0.451 e. The van der Waals surface area contributed by atoms with Crippen LogP contribution in [-0.4, -0.2) is 139 Å². The van der Waals surface area contributed by atoms with Gasteiger partial charge in [0.05, 0.1) is 17.4 Å². The molecule has 1 aromatic carbocycles. The average molecular weight is 751 g/mol. The molecule has 0 radical (unpaired) electrons. The highest BCUT2D eigenvalue weighted by Gasteiger charge is 2.50. The van der Waals surface area contributed by atoms with Gasteiger partial charge in [-0.3, -0.25) is 4.79 Å². The molecular weight excluding hydrogens is 699 g/mol. The number of hydrogen-bond donors (Lipinski definition) is 1. The fourth-order valence-corrected chi connectivity index (χ4v) is 10.6. The molecule has 13 nitrogen and oxygen atoms in total. The van der Waals surface area contributed by atoms with Crippen LogP contribution in [0.25, 0.3) is 0 Å². The number of methoxy groups -OCH3 is 1. The van der Waals surface area contributed by atoms with Gasteiger partial charge in [0.25, 0.3) is 16.1 Å². The van der Waals surface area contributed by atoms with Crippen LogP contribution in [-0.2, 0) is 14.9 Å². The van der Waals surface area contributed by atoms with Crippen molar-refractivity contribution in [3.8, 4) is 11.5 Å². The number of carbonyl (C=O) groups is 1. The molecule has 1 spiro atoms. The summed E-state index contributed by atoms with van der Waals surface area (Å²) in [7, 11) is -1.69. The number of benzene rings is 1. The fraction of sp³-hybridized carbons (Fsp3) is 0.686.